The minimum atomic E-state index is -0.264. The summed E-state index contributed by atoms with van der Waals surface area (Å²) in [5.74, 6) is 1.02. The number of nitrogens with zero attached hydrogens (tertiary/aromatic N) is 3. The summed E-state index contributed by atoms with van der Waals surface area (Å²) in [6.45, 7) is 2.86. The summed E-state index contributed by atoms with van der Waals surface area (Å²) in [6, 6.07) is 18.0. The fourth-order valence-electron chi connectivity index (χ4n) is 3.45. The first-order valence-corrected chi connectivity index (χ1v) is 10.6. The van der Waals surface area contributed by atoms with E-state index in [0.717, 1.165) is 53.6 Å². The van der Waals surface area contributed by atoms with Crippen LogP contribution in [0.1, 0.15) is 32.0 Å². The normalized spacial score (nSPS) is 14.8. The number of hydrogen-bond acceptors (Lipinski definition) is 4. The van der Waals surface area contributed by atoms with Gasteiger partial charge >= 0.3 is 0 Å². The molecule has 1 amide bonds. The lowest BCUT2D eigenvalue weighted by Crippen LogP contribution is -2.23. The smallest absolute Gasteiger partial charge is 0.237 e. The number of fused-ring (bicyclic) bond motifs is 1. The maximum Gasteiger partial charge on any atom is 0.237 e. The van der Waals surface area contributed by atoms with Gasteiger partial charge in [0.2, 0.25) is 5.91 Å². The molecule has 1 aromatic heterocycles. The van der Waals surface area contributed by atoms with Crippen molar-refractivity contribution in [3.05, 3.63) is 60.4 Å². The predicted octanol–water partition coefficient (Wildman–Crippen LogP) is 4.79. The van der Waals surface area contributed by atoms with Crippen LogP contribution in [0.25, 0.3) is 11.1 Å². The number of amides is 1. The monoisotopic (exact) mass is 392 g/mol. The summed E-state index contributed by atoms with van der Waals surface area (Å²) < 4.78 is 2.18. The number of carbonyl (C=O) groups is 1. The molecule has 6 heteroatoms. The van der Waals surface area contributed by atoms with Crippen molar-refractivity contribution in [2.75, 3.05) is 5.32 Å². The number of aromatic nitrogens is 3. The van der Waals surface area contributed by atoms with Crippen LogP contribution in [-0.2, 0) is 17.8 Å². The number of benzene rings is 2. The molecule has 1 aliphatic heterocycles. The van der Waals surface area contributed by atoms with Crippen LogP contribution in [0.2, 0.25) is 0 Å². The Morgan fingerprint density at radius 3 is 2.68 bits per heavy atom. The molecule has 2 heterocycles. The highest BCUT2D eigenvalue weighted by Crippen LogP contribution is 2.30. The second kappa shape index (κ2) is 8.61. The van der Waals surface area contributed by atoms with Crippen LogP contribution >= 0.6 is 11.8 Å². The minimum absolute atomic E-state index is 0.0284. The highest BCUT2D eigenvalue weighted by Gasteiger charge is 2.21. The Balaban J connectivity index is 1.48. The molecule has 5 nitrogen and oxygen atoms in total. The molecule has 0 saturated heterocycles. The standard InChI is InChI=1S/C22H24N4OS/c1-16(28-22-25-24-20-14-6-3-9-15-26(20)22)21(27)23-19-13-8-7-12-18(19)17-10-4-2-5-11-17/h2,4-5,7-8,10-13,16H,3,6,9,14-15H2,1H3,(H,23,27)/t16-/m0/s1. The third kappa shape index (κ3) is 4.12. The largest absolute Gasteiger partial charge is 0.325 e. The van der Waals surface area contributed by atoms with Gasteiger partial charge in [-0.3, -0.25) is 4.79 Å². The van der Waals surface area contributed by atoms with Crippen LogP contribution in [0.5, 0.6) is 0 Å². The summed E-state index contributed by atoms with van der Waals surface area (Å²) in [5, 5.41) is 12.3. The Labute approximate surface area is 169 Å². The van der Waals surface area contributed by atoms with Gasteiger partial charge < -0.3 is 9.88 Å². The van der Waals surface area contributed by atoms with E-state index >= 15 is 0 Å². The molecule has 1 aliphatic rings. The molecule has 144 valence electrons. The Morgan fingerprint density at radius 2 is 1.82 bits per heavy atom. The van der Waals surface area contributed by atoms with Crippen LogP contribution < -0.4 is 5.32 Å². The average molecular weight is 393 g/mol. The van der Waals surface area contributed by atoms with E-state index in [-0.39, 0.29) is 11.2 Å². The SMILES string of the molecule is C[C@H](Sc1nnc2n1CCCCC2)C(=O)Nc1ccccc1-c1ccccc1. The van der Waals surface area contributed by atoms with E-state index in [4.69, 9.17) is 0 Å². The van der Waals surface area contributed by atoms with Gasteiger partial charge in [0.25, 0.3) is 0 Å². The van der Waals surface area contributed by atoms with E-state index in [1.54, 1.807) is 0 Å². The Hall–Kier alpha value is -2.60. The van der Waals surface area contributed by atoms with Crippen LogP contribution in [-0.4, -0.2) is 25.9 Å². The average Bonchev–Trinajstić information content (AvgIpc) is 2.95. The number of nitrogens with one attached hydrogen (secondary N) is 1. The van der Waals surface area contributed by atoms with E-state index in [1.807, 2.05) is 49.4 Å². The molecule has 28 heavy (non-hydrogen) atoms. The van der Waals surface area contributed by atoms with Crippen molar-refractivity contribution in [2.45, 2.75) is 49.6 Å². The summed E-state index contributed by atoms with van der Waals surface area (Å²) in [7, 11) is 0. The van der Waals surface area contributed by atoms with Gasteiger partial charge in [-0.1, -0.05) is 66.7 Å². The topological polar surface area (TPSA) is 59.8 Å². The van der Waals surface area contributed by atoms with Gasteiger partial charge in [-0.2, -0.15) is 0 Å². The van der Waals surface area contributed by atoms with E-state index in [1.165, 1.54) is 18.2 Å². The van der Waals surface area contributed by atoms with Crippen LogP contribution in [0.4, 0.5) is 5.69 Å². The minimum Gasteiger partial charge on any atom is -0.325 e. The number of rotatable bonds is 5. The molecule has 2 aromatic carbocycles. The van der Waals surface area contributed by atoms with Gasteiger partial charge in [-0.25, -0.2) is 0 Å². The molecule has 0 radical (unpaired) electrons. The molecule has 0 unspecified atom stereocenters. The second-order valence-corrected chi connectivity index (χ2v) is 8.33. The molecule has 1 N–H and O–H groups in total. The first-order chi connectivity index (χ1) is 13.7. The van der Waals surface area contributed by atoms with Crippen LogP contribution in [0.15, 0.2) is 59.8 Å². The second-order valence-electron chi connectivity index (χ2n) is 7.02. The van der Waals surface area contributed by atoms with Crippen molar-refractivity contribution in [3.63, 3.8) is 0 Å². The molecule has 1 atom stereocenters. The lowest BCUT2D eigenvalue weighted by Gasteiger charge is -2.15. The molecule has 0 bridgehead atoms. The summed E-state index contributed by atoms with van der Waals surface area (Å²) in [6.07, 6.45) is 4.50. The molecule has 3 aromatic rings. The first-order valence-electron chi connectivity index (χ1n) is 9.76. The van der Waals surface area contributed by atoms with Crippen molar-refractivity contribution in [3.8, 4) is 11.1 Å². The molecule has 4 rings (SSSR count). The number of hydrogen-bond donors (Lipinski definition) is 1. The van der Waals surface area contributed by atoms with E-state index < -0.39 is 0 Å². The third-order valence-corrected chi connectivity index (χ3v) is 6.08. The van der Waals surface area contributed by atoms with Crippen molar-refractivity contribution >= 4 is 23.4 Å². The zero-order valence-electron chi connectivity index (χ0n) is 16.0. The Kier molecular flexibility index (Phi) is 5.76. The van der Waals surface area contributed by atoms with Crippen molar-refractivity contribution in [1.29, 1.82) is 0 Å². The van der Waals surface area contributed by atoms with Gasteiger partial charge in [0.1, 0.15) is 5.82 Å². The van der Waals surface area contributed by atoms with Crippen molar-refractivity contribution in [1.82, 2.24) is 14.8 Å². The van der Waals surface area contributed by atoms with E-state index in [2.05, 4.69) is 32.2 Å². The van der Waals surface area contributed by atoms with Crippen LogP contribution in [0.3, 0.4) is 0 Å². The molecule has 0 fully saturated rings. The molecule has 0 spiro atoms. The first kappa shape index (κ1) is 18.7. The quantitative estimate of drug-likeness (QED) is 0.634. The zero-order valence-corrected chi connectivity index (χ0v) is 16.8. The summed E-state index contributed by atoms with van der Waals surface area (Å²) in [4.78, 5) is 12.9. The Bertz CT molecular complexity index is 954. The maximum atomic E-state index is 12.9. The van der Waals surface area contributed by atoms with Crippen LogP contribution in [0, 0.1) is 0 Å². The van der Waals surface area contributed by atoms with E-state index in [0.29, 0.717) is 0 Å². The summed E-state index contributed by atoms with van der Waals surface area (Å²) in [5.41, 5.74) is 2.93. The fourth-order valence-corrected chi connectivity index (χ4v) is 4.35. The fraction of sp³-hybridized carbons (Fsp3) is 0.318. The maximum absolute atomic E-state index is 12.9. The number of para-hydroxylation sites is 1. The van der Waals surface area contributed by atoms with E-state index in [9.17, 15) is 4.79 Å². The van der Waals surface area contributed by atoms with Gasteiger partial charge in [-0.15, -0.1) is 10.2 Å². The van der Waals surface area contributed by atoms with Crippen molar-refractivity contribution in [2.24, 2.45) is 0 Å². The van der Waals surface area contributed by atoms with Gasteiger partial charge in [0.05, 0.1) is 5.25 Å². The van der Waals surface area contributed by atoms with Gasteiger partial charge in [-0.05, 0) is 31.4 Å². The third-order valence-electron chi connectivity index (χ3n) is 5.00. The number of anilines is 1. The highest BCUT2D eigenvalue weighted by molar-refractivity contribution is 8.00. The van der Waals surface area contributed by atoms with Gasteiger partial charge in [0.15, 0.2) is 5.16 Å². The number of aryl methyl sites for hydroxylation is 1. The molecular weight excluding hydrogens is 368 g/mol. The highest BCUT2D eigenvalue weighted by atomic mass is 32.2. The molecular formula is C22H24N4OS. The lowest BCUT2D eigenvalue weighted by molar-refractivity contribution is -0.115. The lowest BCUT2D eigenvalue weighted by atomic mass is 10.0. The predicted molar refractivity (Wildman–Crippen MR) is 113 cm³/mol. The summed E-state index contributed by atoms with van der Waals surface area (Å²) >= 11 is 1.48. The Morgan fingerprint density at radius 1 is 1.04 bits per heavy atom. The van der Waals surface area contributed by atoms with Crippen molar-refractivity contribution < 1.29 is 4.79 Å². The number of carbonyl (C=O) groups excluding carboxylic acids is 1. The molecule has 0 aliphatic carbocycles. The number of thioether (sulfide) groups is 1. The zero-order chi connectivity index (χ0) is 19.3. The molecule has 0 saturated carbocycles. The van der Waals surface area contributed by atoms with Gasteiger partial charge in [0, 0.05) is 24.2 Å².